The number of hydrogen-bond donors (Lipinski definition) is 2. The van der Waals surface area contributed by atoms with Crippen LogP contribution in [0, 0.1) is 11.8 Å². The van der Waals surface area contributed by atoms with Crippen molar-refractivity contribution < 1.29 is 8.42 Å². The average Bonchev–Trinajstić information content (AvgIpc) is 2.25. The van der Waals surface area contributed by atoms with E-state index in [0.717, 1.165) is 12.2 Å². The summed E-state index contributed by atoms with van der Waals surface area (Å²) in [6.07, 6.45) is 1.17. The molecule has 0 fully saturated rings. The molecule has 4 nitrogen and oxygen atoms in total. The van der Waals surface area contributed by atoms with Crippen LogP contribution >= 0.6 is 0 Å². The van der Waals surface area contributed by atoms with E-state index < -0.39 is 10.0 Å². The van der Waals surface area contributed by atoms with Gasteiger partial charge in [0.2, 0.25) is 10.0 Å². The third kappa shape index (κ3) is 5.06. The smallest absolute Gasteiger partial charge is 0.238 e. The second-order valence-corrected chi connectivity index (χ2v) is 6.75. The molecule has 1 aromatic rings. The Balaban J connectivity index is 2.55. The minimum absolute atomic E-state index is 0.142. The topological polar surface area (TPSA) is 72.2 Å². The summed E-state index contributed by atoms with van der Waals surface area (Å²) < 4.78 is 22.2. The Hall–Kier alpha value is -1.07. The van der Waals surface area contributed by atoms with E-state index in [1.807, 2.05) is 0 Å². The Morgan fingerprint density at radius 3 is 2.17 bits per heavy atom. The molecule has 5 heteroatoms. The van der Waals surface area contributed by atoms with E-state index in [2.05, 4.69) is 26.1 Å². The minimum Gasteiger partial charge on any atom is -0.385 e. The lowest BCUT2D eigenvalue weighted by Gasteiger charge is -2.15. The van der Waals surface area contributed by atoms with Crippen molar-refractivity contribution in [2.24, 2.45) is 17.0 Å². The van der Waals surface area contributed by atoms with Gasteiger partial charge in [0.15, 0.2) is 0 Å². The van der Waals surface area contributed by atoms with Gasteiger partial charge >= 0.3 is 0 Å². The van der Waals surface area contributed by atoms with Crippen LogP contribution in [0.25, 0.3) is 0 Å². The largest absolute Gasteiger partial charge is 0.385 e. The second kappa shape index (κ2) is 6.20. The molecule has 102 valence electrons. The quantitative estimate of drug-likeness (QED) is 0.834. The highest BCUT2D eigenvalue weighted by atomic mass is 32.2. The van der Waals surface area contributed by atoms with Gasteiger partial charge in [-0.15, -0.1) is 0 Å². The SMILES string of the molecule is CC(C)CC(C)CNc1ccc(S(N)(=O)=O)cc1. The molecule has 1 aromatic carbocycles. The first-order chi connectivity index (χ1) is 8.29. The second-order valence-electron chi connectivity index (χ2n) is 5.19. The summed E-state index contributed by atoms with van der Waals surface area (Å²) in [6.45, 7) is 7.49. The predicted molar refractivity (Wildman–Crippen MR) is 74.9 cm³/mol. The van der Waals surface area contributed by atoms with E-state index in [9.17, 15) is 8.42 Å². The fourth-order valence-electron chi connectivity index (χ4n) is 1.94. The van der Waals surface area contributed by atoms with Crippen molar-refractivity contribution in [3.63, 3.8) is 0 Å². The number of rotatable bonds is 6. The Labute approximate surface area is 110 Å². The lowest BCUT2D eigenvalue weighted by Crippen LogP contribution is -2.14. The van der Waals surface area contributed by atoms with Crippen molar-refractivity contribution in [2.45, 2.75) is 32.1 Å². The molecule has 0 bridgehead atoms. The van der Waals surface area contributed by atoms with E-state index in [1.54, 1.807) is 12.1 Å². The van der Waals surface area contributed by atoms with Gasteiger partial charge in [-0.25, -0.2) is 13.6 Å². The average molecular weight is 270 g/mol. The molecule has 0 amide bonds. The van der Waals surface area contributed by atoms with Gasteiger partial charge in [-0.2, -0.15) is 0 Å². The highest BCUT2D eigenvalue weighted by Crippen LogP contribution is 2.15. The molecular formula is C13H22N2O2S. The Morgan fingerprint density at radius 1 is 1.17 bits per heavy atom. The summed E-state index contributed by atoms with van der Waals surface area (Å²) in [4.78, 5) is 0.142. The van der Waals surface area contributed by atoms with Crippen LogP contribution in [0.5, 0.6) is 0 Å². The Kier molecular flexibility index (Phi) is 5.16. The third-order valence-electron chi connectivity index (χ3n) is 2.71. The van der Waals surface area contributed by atoms with Gasteiger partial charge in [0.05, 0.1) is 4.90 Å². The van der Waals surface area contributed by atoms with Crippen LogP contribution in [0.2, 0.25) is 0 Å². The number of nitrogens with one attached hydrogen (secondary N) is 1. The van der Waals surface area contributed by atoms with Crippen molar-refractivity contribution in [3.8, 4) is 0 Å². The Bertz CT molecular complexity index is 466. The molecule has 1 rings (SSSR count). The first-order valence-electron chi connectivity index (χ1n) is 6.15. The number of anilines is 1. The molecule has 1 unspecified atom stereocenters. The highest BCUT2D eigenvalue weighted by molar-refractivity contribution is 7.89. The van der Waals surface area contributed by atoms with E-state index >= 15 is 0 Å². The van der Waals surface area contributed by atoms with E-state index in [1.165, 1.54) is 18.6 Å². The number of nitrogens with two attached hydrogens (primary N) is 1. The monoisotopic (exact) mass is 270 g/mol. The van der Waals surface area contributed by atoms with Crippen molar-refractivity contribution >= 4 is 15.7 Å². The lowest BCUT2D eigenvalue weighted by molar-refractivity contribution is 0.455. The Morgan fingerprint density at radius 2 is 1.72 bits per heavy atom. The van der Waals surface area contributed by atoms with Crippen LogP contribution in [0.1, 0.15) is 27.2 Å². The number of sulfonamides is 1. The molecule has 0 radical (unpaired) electrons. The van der Waals surface area contributed by atoms with Crippen molar-refractivity contribution in [3.05, 3.63) is 24.3 Å². The third-order valence-corrected chi connectivity index (χ3v) is 3.64. The summed E-state index contributed by atoms with van der Waals surface area (Å²) in [5.41, 5.74) is 0.915. The molecule has 0 saturated heterocycles. The molecule has 0 aliphatic heterocycles. The van der Waals surface area contributed by atoms with Gasteiger partial charge in [-0.05, 0) is 42.5 Å². The maximum atomic E-state index is 11.1. The maximum Gasteiger partial charge on any atom is 0.238 e. The predicted octanol–water partition coefficient (Wildman–Crippen LogP) is 2.43. The molecule has 0 saturated carbocycles. The first kappa shape index (κ1) is 15.0. The van der Waals surface area contributed by atoms with Crippen molar-refractivity contribution in [2.75, 3.05) is 11.9 Å². The molecular weight excluding hydrogens is 248 g/mol. The van der Waals surface area contributed by atoms with Crippen LogP contribution in [-0.2, 0) is 10.0 Å². The van der Waals surface area contributed by atoms with Crippen molar-refractivity contribution in [1.29, 1.82) is 0 Å². The lowest BCUT2D eigenvalue weighted by atomic mass is 9.99. The minimum atomic E-state index is -3.59. The zero-order chi connectivity index (χ0) is 13.8. The number of primary sulfonamides is 1. The van der Waals surface area contributed by atoms with Crippen LogP contribution in [0.3, 0.4) is 0 Å². The fourth-order valence-corrected chi connectivity index (χ4v) is 2.46. The van der Waals surface area contributed by atoms with Gasteiger partial charge < -0.3 is 5.32 Å². The standard InChI is InChI=1S/C13H22N2O2S/c1-10(2)8-11(3)9-15-12-4-6-13(7-5-12)18(14,16)17/h4-7,10-11,15H,8-9H2,1-3H3,(H2,14,16,17). The number of hydrogen-bond acceptors (Lipinski definition) is 3. The molecule has 1 atom stereocenters. The van der Waals surface area contributed by atoms with Crippen LogP contribution in [-0.4, -0.2) is 15.0 Å². The van der Waals surface area contributed by atoms with Gasteiger partial charge in [0.1, 0.15) is 0 Å². The zero-order valence-corrected chi connectivity index (χ0v) is 12.0. The number of benzene rings is 1. The van der Waals surface area contributed by atoms with E-state index in [0.29, 0.717) is 11.8 Å². The van der Waals surface area contributed by atoms with E-state index in [4.69, 9.17) is 5.14 Å². The zero-order valence-electron chi connectivity index (χ0n) is 11.2. The van der Waals surface area contributed by atoms with Gasteiger partial charge in [-0.3, -0.25) is 0 Å². The summed E-state index contributed by atoms with van der Waals surface area (Å²) in [6, 6.07) is 6.51. The molecule has 0 aliphatic carbocycles. The van der Waals surface area contributed by atoms with Gasteiger partial charge in [0.25, 0.3) is 0 Å². The highest BCUT2D eigenvalue weighted by Gasteiger charge is 2.07. The van der Waals surface area contributed by atoms with Crippen molar-refractivity contribution in [1.82, 2.24) is 0 Å². The summed E-state index contributed by atoms with van der Waals surface area (Å²) in [5, 5.41) is 8.33. The fraction of sp³-hybridized carbons (Fsp3) is 0.538. The summed E-state index contributed by atoms with van der Waals surface area (Å²) in [7, 11) is -3.59. The normalized spacial score (nSPS) is 13.6. The maximum absolute atomic E-state index is 11.1. The van der Waals surface area contributed by atoms with Crippen LogP contribution in [0.15, 0.2) is 29.2 Å². The summed E-state index contributed by atoms with van der Waals surface area (Å²) in [5.74, 6) is 1.27. The molecule has 18 heavy (non-hydrogen) atoms. The van der Waals surface area contributed by atoms with Crippen LogP contribution in [0.4, 0.5) is 5.69 Å². The van der Waals surface area contributed by atoms with E-state index in [-0.39, 0.29) is 4.90 Å². The molecule has 3 N–H and O–H groups in total. The first-order valence-corrected chi connectivity index (χ1v) is 7.70. The summed E-state index contributed by atoms with van der Waals surface area (Å²) >= 11 is 0. The molecule has 0 heterocycles. The molecule has 0 spiro atoms. The van der Waals surface area contributed by atoms with Crippen LogP contribution < -0.4 is 10.5 Å². The molecule has 0 aliphatic rings. The molecule has 0 aromatic heterocycles. The van der Waals surface area contributed by atoms with Gasteiger partial charge in [0, 0.05) is 12.2 Å². The van der Waals surface area contributed by atoms with Gasteiger partial charge in [-0.1, -0.05) is 20.8 Å².